The number of likely N-dealkylation sites (tertiary alicyclic amines) is 1. The van der Waals surface area contributed by atoms with Crippen molar-refractivity contribution in [3.05, 3.63) is 41.4 Å². The Hall–Kier alpha value is -2.71. The van der Waals surface area contributed by atoms with Crippen LogP contribution in [-0.4, -0.2) is 60.2 Å². The zero-order valence-corrected chi connectivity index (χ0v) is 18.0. The molecule has 1 aliphatic rings. The minimum atomic E-state index is -0.193. The smallest absolute Gasteiger partial charge is 0.308 e. The zero-order chi connectivity index (χ0) is 21.1. The van der Waals surface area contributed by atoms with Crippen molar-refractivity contribution in [2.45, 2.75) is 19.4 Å². The molecule has 0 unspecified atom stereocenters. The number of nitrogens with zero attached hydrogens (tertiary/aromatic N) is 3. The maximum Gasteiger partial charge on any atom is 0.308 e. The van der Waals surface area contributed by atoms with E-state index < -0.39 is 0 Å². The molecule has 3 aromatic rings. The summed E-state index contributed by atoms with van der Waals surface area (Å²) >= 11 is 1.47. The number of para-hydroxylation sites is 1. The van der Waals surface area contributed by atoms with Gasteiger partial charge in [-0.05, 0) is 25.0 Å². The maximum absolute atomic E-state index is 12.9. The lowest BCUT2D eigenvalue weighted by atomic mass is 9.97. The molecule has 1 aromatic carbocycles. The van der Waals surface area contributed by atoms with Crippen molar-refractivity contribution in [3.8, 4) is 10.7 Å². The largest absolute Gasteiger partial charge is 0.469 e. The molecule has 30 heavy (non-hydrogen) atoms. The Morgan fingerprint density at radius 3 is 2.70 bits per heavy atom. The first kappa shape index (κ1) is 20.6. The Morgan fingerprint density at radius 1 is 1.20 bits per heavy atom. The normalized spacial score (nSPS) is 14.9. The van der Waals surface area contributed by atoms with Crippen LogP contribution in [0.25, 0.3) is 21.6 Å². The van der Waals surface area contributed by atoms with Crippen LogP contribution in [0.2, 0.25) is 0 Å². The van der Waals surface area contributed by atoms with Gasteiger partial charge in [0.05, 0.1) is 25.3 Å². The number of aromatic nitrogens is 2. The standard InChI is InChI=1S/C22H25N3O4S/c1-28-12-11-25-18-6-4-3-5-16(18)13-19(25)20-23-17(14-30-20)21(26)24-9-7-15(8-10-24)22(27)29-2/h3-6,13-15H,7-12H2,1-2H3. The fourth-order valence-electron chi connectivity index (χ4n) is 3.95. The molecule has 0 N–H and O–H groups in total. The number of hydrogen-bond donors (Lipinski definition) is 0. The van der Waals surface area contributed by atoms with Crippen molar-refractivity contribution in [2.24, 2.45) is 5.92 Å². The summed E-state index contributed by atoms with van der Waals surface area (Å²) in [6, 6.07) is 10.3. The predicted molar refractivity (Wildman–Crippen MR) is 116 cm³/mol. The maximum atomic E-state index is 12.9. The average molecular weight is 428 g/mol. The van der Waals surface area contributed by atoms with E-state index in [1.54, 1.807) is 12.0 Å². The van der Waals surface area contributed by atoms with Crippen molar-refractivity contribution in [1.29, 1.82) is 0 Å². The molecule has 1 saturated heterocycles. The van der Waals surface area contributed by atoms with E-state index in [0.717, 1.165) is 21.6 Å². The molecule has 1 amide bonds. The third-order valence-corrected chi connectivity index (χ3v) is 6.45. The Kier molecular flexibility index (Phi) is 6.15. The van der Waals surface area contributed by atoms with Crippen molar-refractivity contribution in [1.82, 2.24) is 14.5 Å². The Morgan fingerprint density at radius 2 is 1.97 bits per heavy atom. The molecular formula is C22H25N3O4S. The van der Waals surface area contributed by atoms with Crippen LogP contribution in [0, 0.1) is 5.92 Å². The lowest BCUT2D eigenvalue weighted by Gasteiger charge is -2.30. The molecule has 3 heterocycles. The van der Waals surface area contributed by atoms with E-state index in [-0.39, 0.29) is 17.8 Å². The van der Waals surface area contributed by atoms with Gasteiger partial charge in [0.15, 0.2) is 0 Å². The van der Waals surface area contributed by atoms with Crippen LogP contribution in [-0.2, 0) is 20.8 Å². The Bertz CT molecular complexity index is 1050. The van der Waals surface area contributed by atoms with Crippen LogP contribution in [0.4, 0.5) is 0 Å². The first-order valence-corrected chi connectivity index (χ1v) is 10.9. The van der Waals surface area contributed by atoms with Crippen molar-refractivity contribution in [3.63, 3.8) is 0 Å². The second-order valence-corrected chi connectivity index (χ2v) is 8.22. The Balaban J connectivity index is 1.55. The number of amides is 1. The fraction of sp³-hybridized carbons (Fsp3) is 0.409. The molecule has 4 rings (SSSR count). The number of rotatable bonds is 6. The number of piperidine rings is 1. The van der Waals surface area contributed by atoms with Crippen molar-refractivity contribution >= 4 is 34.1 Å². The number of carbonyl (C=O) groups excluding carboxylic acids is 2. The van der Waals surface area contributed by atoms with Gasteiger partial charge in [0, 0.05) is 43.0 Å². The summed E-state index contributed by atoms with van der Waals surface area (Å²) in [7, 11) is 3.09. The summed E-state index contributed by atoms with van der Waals surface area (Å²) in [6.07, 6.45) is 1.25. The number of ether oxygens (including phenoxy) is 2. The predicted octanol–water partition coefficient (Wildman–Crippen LogP) is 3.44. The molecule has 1 fully saturated rings. The first-order chi connectivity index (χ1) is 14.6. The average Bonchev–Trinajstić information content (AvgIpc) is 3.41. The lowest BCUT2D eigenvalue weighted by molar-refractivity contribution is -0.146. The molecular weight excluding hydrogens is 402 g/mol. The minimum absolute atomic E-state index is 0.0830. The number of thiazole rings is 1. The van der Waals surface area contributed by atoms with Crippen LogP contribution in [0.5, 0.6) is 0 Å². The highest BCUT2D eigenvalue weighted by Gasteiger charge is 2.29. The molecule has 0 saturated carbocycles. The summed E-state index contributed by atoms with van der Waals surface area (Å²) in [4.78, 5) is 31.1. The molecule has 0 atom stereocenters. The molecule has 1 aliphatic heterocycles. The van der Waals surface area contributed by atoms with Crippen molar-refractivity contribution < 1.29 is 19.1 Å². The van der Waals surface area contributed by atoms with E-state index in [9.17, 15) is 9.59 Å². The number of hydrogen-bond acceptors (Lipinski definition) is 6. The highest BCUT2D eigenvalue weighted by molar-refractivity contribution is 7.13. The number of esters is 1. The van der Waals surface area contributed by atoms with Gasteiger partial charge < -0.3 is 18.9 Å². The highest BCUT2D eigenvalue weighted by atomic mass is 32.1. The van der Waals surface area contributed by atoms with E-state index >= 15 is 0 Å². The highest BCUT2D eigenvalue weighted by Crippen LogP contribution is 2.31. The molecule has 0 radical (unpaired) electrons. The third-order valence-electron chi connectivity index (χ3n) is 5.59. The van der Waals surface area contributed by atoms with Crippen LogP contribution >= 0.6 is 11.3 Å². The lowest BCUT2D eigenvalue weighted by Crippen LogP contribution is -2.40. The number of methoxy groups -OCH3 is 2. The van der Waals surface area contributed by atoms with E-state index in [0.29, 0.717) is 44.8 Å². The molecule has 0 aliphatic carbocycles. The minimum Gasteiger partial charge on any atom is -0.469 e. The summed E-state index contributed by atoms with van der Waals surface area (Å²) in [5, 5.41) is 3.77. The van der Waals surface area contributed by atoms with Gasteiger partial charge in [-0.3, -0.25) is 9.59 Å². The molecule has 7 nitrogen and oxygen atoms in total. The summed E-state index contributed by atoms with van der Waals surface area (Å²) in [5.41, 5.74) is 2.56. The molecule has 2 aromatic heterocycles. The SMILES string of the molecule is COCCn1c(-c2nc(C(=O)N3CCC(C(=O)OC)CC3)cs2)cc2ccccc21. The van der Waals surface area contributed by atoms with Crippen molar-refractivity contribution in [2.75, 3.05) is 33.9 Å². The summed E-state index contributed by atoms with van der Waals surface area (Å²) in [6.45, 7) is 2.39. The second kappa shape index (κ2) is 8.97. The first-order valence-electron chi connectivity index (χ1n) is 10.0. The van der Waals surface area contributed by atoms with Gasteiger partial charge in [0.2, 0.25) is 0 Å². The zero-order valence-electron chi connectivity index (χ0n) is 17.2. The van der Waals surface area contributed by atoms with Gasteiger partial charge in [-0.15, -0.1) is 11.3 Å². The van der Waals surface area contributed by atoms with Gasteiger partial charge in [-0.25, -0.2) is 4.98 Å². The number of fused-ring (bicyclic) bond motifs is 1. The topological polar surface area (TPSA) is 73.7 Å². The van der Waals surface area contributed by atoms with E-state index in [1.165, 1.54) is 18.4 Å². The van der Waals surface area contributed by atoms with Crippen LogP contribution in [0.15, 0.2) is 35.7 Å². The molecule has 8 heteroatoms. The molecule has 0 bridgehead atoms. The molecule has 0 spiro atoms. The van der Waals surface area contributed by atoms with E-state index in [2.05, 4.69) is 27.8 Å². The summed E-state index contributed by atoms with van der Waals surface area (Å²) < 4.78 is 12.3. The summed E-state index contributed by atoms with van der Waals surface area (Å²) in [5.74, 6) is -0.399. The number of carbonyl (C=O) groups is 2. The fourth-order valence-corrected chi connectivity index (χ4v) is 4.77. The van der Waals surface area contributed by atoms with E-state index in [1.807, 2.05) is 17.5 Å². The van der Waals surface area contributed by atoms with Gasteiger partial charge in [-0.2, -0.15) is 0 Å². The van der Waals surface area contributed by atoms with Gasteiger partial charge in [0.25, 0.3) is 5.91 Å². The Labute approximate surface area is 179 Å². The number of benzene rings is 1. The quantitative estimate of drug-likeness (QED) is 0.564. The van der Waals surface area contributed by atoms with Crippen LogP contribution in [0.1, 0.15) is 23.3 Å². The van der Waals surface area contributed by atoms with Gasteiger partial charge in [0.1, 0.15) is 10.7 Å². The molecule has 158 valence electrons. The van der Waals surface area contributed by atoms with Crippen LogP contribution in [0.3, 0.4) is 0 Å². The van der Waals surface area contributed by atoms with Gasteiger partial charge >= 0.3 is 5.97 Å². The third kappa shape index (κ3) is 3.97. The monoisotopic (exact) mass is 427 g/mol. The van der Waals surface area contributed by atoms with Gasteiger partial charge in [-0.1, -0.05) is 18.2 Å². The van der Waals surface area contributed by atoms with Crippen LogP contribution < -0.4 is 0 Å². The van der Waals surface area contributed by atoms with E-state index in [4.69, 9.17) is 9.47 Å². The second-order valence-electron chi connectivity index (χ2n) is 7.36.